The molecule has 4 aromatic rings. The number of amides is 2. The molecule has 3 aromatic carbocycles. The summed E-state index contributed by atoms with van der Waals surface area (Å²) in [5.41, 5.74) is 3.33. The summed E-state index contributed by atoms with van der Waals surface area (Å²) in [7, 11) is 1.59. The summed E-state index contributed by atoms with van der Waals surface area (Å²) >= 11 is 0. The van der Waals surface area contributed by atoms with E-state index >= 15 is 0 Å². The van der Waals surface area contributed by atoms with Crippen molar-refractivity contribution >= 4 is 28.5 Å². The fourth-order valence-corrected chi connectivity index (χ4v) is 4.08. The van der Waals surface area contributed by atoms with E-state index in [-0.39, 0.29) is 18.4 Å². The molecule has 0 aliphatic rings. The van der Waals surface area contributed by atoms with Crippen molar-refractivity contribution in [3.05, 3.63) is 83.9 Å². The van der Waals surface area contributed by atoms with Crippen molar-refractivity contribution in [2.24, 2.45) is 0 Å². The molecule has 8 nitrogen and oxygen atoms in total. The van der Waals surface area contributed by atoms with Crippen LogP contribution in [0, 0.1) is 6.92 Å². The Morgan fingerprint density at radius 2 is 1.70 bits per heavy atom. The van der Waals surface area contributed by atoms with Crippen LogP contribution in [0.5, 0.6) is 5.75 Å². The van der Waals surface area contributed by atoms with Crippen LogP contribution in [-0.4, -0.2) is 39.5 Å². The molecular weight excluding hydrogens is 466 g/mol. The highest BCUT2D eigenvalue weighted by atomic mass is 16.5. The minimum Gasteiger partial charge on any atom is -0.497 e. The lowest BCUT2D eigenvalue weighted by Crippen LogP contribution is -2.51. The van der Waals surface area contributed by atoms with E-state index in [9.17, 15) is 9.59 Å². The van der Waals surface area contributed by atoms with Crippen LogP contribution in [0.15, 0.2) is 72.8 Å². The highest BCUT2D eigenvalue weighted by molar-refractivity contribution is 6.01. The van der Waals surface area contributed by atoms with Gasteiger partial charge in [0.05, 0.1) is 12.6 Å². The Kier molecular flexibility index (Phi) is 7.57. The van der Waals surface area contributed by atoms with Gasteiger partial charge in [-0.3, -0.25) is 14.5 Å². The van der Waals surface area contributed by atoms with Crippen molar-refractivity contribution < 1.29 is 14.3 Å². The first kappa shape index (κ1) is 25.9. The molecule has 8 heteroatoms. The van der Waals surface area contributed by atoms with Gasteiger partial charge >= 0.3 is 0 Å². The molecule has 0 bridgehead atoms. The first-order chi connectivity index (χ1) is 17.7. The predicted octanol–water partition coefficient (Wildman–Crippen LogP) is 4.83. The van der Waals surface area contributed by atoms with E-state index in [2.05, 4.69) is 15.6 Å². The molecular formula is C29H33N5O3. The monoisotopic (exact) mass is 499 g/mol. The van der Waals surface area contributed by atoms with Gasteiger partial charge in [0, 0.05) is 11.2 Å². The maximum Gasteiger partial charge on any atom is 0.249 e. The highest BCUT2D eigenvalue weighted by Crippen LogP contribution is 2.31. The first-order valence-electron chi connectivity index (χ1n) is 12.4. The van der Waals surface area contributed by atoms with Crippen LogP contribution in [0.25, 0.3) is 11.0 Å². The molecule has 1 aromatic heterocycles. The molecule has 0 saturated carbocycles. The summed E-state index contributed by atoms with van der Waals surface area (Å²) in [6.07, 6.45) is 0.734. The van der Waals surface area contributed by atoms with Crippen molar-refractivity contribution in [3.63, 3.8) is 0 Å². The predicted molar refractivity (Wildman–Crippen MR) is 144 cm³/mol. The smallest absolute Gasteiger partial charge is 0.249 e. The lowest BCUT2D eigenvalue weighted by Gasteiger charge is -2.34. The van der Waals surface area contributed by atoms with Crippen LogP contribution in [-0.2, 0) is 16.1 Å². The van der Waals surface area contributed by atoms with Crippen molar-refractivity contribution in [1.82, 2.24) is 20.3 Å². The van der Waals surface area contributed by atoms with E-state index in [1.54, 1.807) is 28.8 Å². The van der Waals surface area contributed by atoms with Gasteiger partial charge in [-0.25, -0.2) is 4.68 Å². The Morgan fingerprint density at radius 1 is 1.03 bits per heavy atom. The number of fused-ring (bicyclic) bond motifs is 1. The number of nitrogens with one attached hydrogen (secondary N) is 1. The zero-order valence-corrected chi connectivity index (χ0v) is 21.9. The lowest BCUT2D eigenvalue weighted by molar-refractivity contribution is -0.128. The van der Waals surface area contributed by atoms with Gasteiger partial charge in [0.15, 0.2) is 0 Å². The number of methoxy groups -OCH3 is 1. The Bertz CT molecular complexity index is 1380. The van der Waals surface area contributed by atoms with E-state index in [0.717, 1.165) is 17.5 Å². The van der Waals surface area contributed by atoms with Gasteiger partial charge in [-0.05, 0) is 69.2 Å². The van der Waals surface area contributed by atoms with E-state index < -0.39 is 11.6 Å². The number of nitrogens with zero attached hydrogens (tertiary/aromatic N) is 4. The third-order valence-corrected chi connectivity index (χ3v) is 6.57. The average molecular weight is 500 g/mol. The fourth-order valence-electron chi connectivity index (χ4n) is 4.08. The summed E-state index contributed by atoms with van der Waals surface area (Å²) in [6, 6.07) is 21.4. The Morgan fingerprint density at radius 3 is 2.35 bits per heavy atom. The first-order valence-corrected chi connectivity index (χ1v) is 12.4. The summed E-state index contributed by atoms with van der Waals surface area (Å²) in [5.74, 6) is 0.110. The maximum atomic E-state index is 14.0. The van der Waals surface area contributed by atoms with Gasteiger partial charge in [-0.15, -0.1) is 5.10 Å². The fraction of sp³-hybridized carbons (Fsp3) is 0.310. The topological polar surface area (TPSA) is 89.4 Å². The Balaban J connectivity index is 1.81. The number of aryl methyl sites for hydroxylation is 1. The minimum absolute atomic E-state index is 0.0779. The second kappa shape index (κ2) is 10.8. The number of para-hydroxylation sites is 1. The summed E-state index contributed by atoms with van der Waals surface area (Å²) in [5, 5.41) is 11.5. The Hall–Kier alpha value is -4.20. The largest absolute Gasteiger partial charge is 0.497 e. The normalized spacial score (nSPS) is 12.2. The molecule has 0 saturated heterocycles. The zero-order valence-electron chi connectivity index (χ0n) is 21.9. The molecule has 1 N–H and O–H groups in total. The van der Waals surface area contributed by atoms with Gasteiger partial charge < -0.3 is 10.1 Å². The second-order valence-electron chi connectivity index (χ2n) is 9.74. The van der Waals surface area contributed by atoms with Crippen molar-refractivity contribution in [3.8, 4) is 5.75 Å². The van der Waals surface area contributed by atoms with E-state index in [1.807, 2.05) is 88.4 Å². The van der Waals surface area contributed by atoms with Crippen LogP contribution in [0.3, 0.4) is 0 Å². The van der Waals surface area contributed by atoms with Crippen molar-refractivity contribution in [1.29, 1.82) is 0 Å². The highest BCUT2D eigenvalue weighted by Gasteiger charge is 2.35. The molecule has 2 amide bonds. The third kappa shape index (κ3) is 5.80. The van der Waals surface area contributed by atoms with Crippen LogP contribution in [0.2, 0.25) is 0 Å². The van der Waals surface area contributed by atoms with Crippen LogP contribution < -0.4 is 15.0 Å². The molecule has 0 fully saturated rings. The summed E-state index contributed by atoms with van der Waals surface area (Å²) in [4.78, 5) is 29.5. The molecule has 0 unspecified atom stereocenters. The molecule has 0 aliphatic carbocycles. The SMILES string of the molecule is CCC(C)(C)NC(=O)[C@H](c1ccc(OC)cc1)N(C(=O)Cn1nnc2ccccc21)c1ccc(C)cc1. The van der Waals surface area contributed by atoms with Crippen molar-refractivity contribution in [2.75, 3.05) is 12.0 Å². The summed E-state index contributed by atoms with van der Waals surface area (Å²) < 4.78 is 6.89. The number of ether oxygens (including phenoxy) is 1. The number of benzene rings is 3. The molecule has 1 heterocycles. The number of carbonyl (C=O) groups excluding carboxylic acids is 2. The summed E-state index contributed by atoms with van der Waals surface area (Å²) in [6.45, 7) is 7.85. The van der Waals surface area contributed by atoms with Gasteiger partial charge in [-0.2, -0.15) is 0 Å². The number of aromatic nitrogens is 3. The van der Waals surface area contributed by atoms with E-state index in [0.29, 0.717) is 22.5 Å². The van der Waals surface area contributed by atoms with Crippen LogP contribution in [0.1, 0.15) is 44.4 Å². The van der Waals surface area contributed by atoms with Gasteiger partial charge in [0.1, 0.15) is 23.9 Å². The van der Waals surface area contributed by atoms with E-state index in [4.69, 9.17) is 4.74 Å². The number of carbonyl (C=O) groups is 2. The lowest BCUT2D eigenvalue weighted by atomic mass is 9.98. The molecule has 4 rings (SSSR count). The molecule has 0 radical (unpaired) electrons. The minimum atomic E-state index is -0.915. The molecule has 192 valence electrons. The molecule has 1 atom stereocenters. The molecule has 0 spiro atoms. The quantitative estimate of drug-likeness (QED) is 0.356. The van der Waals surface area contributed by atoms with Gasteiger partial charge in [0.2, 0.25) is 11.8 Å². The van der Waals surface area contributed by atoms with Crippen molar-refractivity contribution in [2.45, 2.75) is 52.2 Å². The standard InChI is InChI=1S/C29H33N5O3/c1-6-29(3,4)30-28(36)27(21-13-17-23(37-5)18-14-21)34(22-15-11-20(2)12-16-22)26(35)19-33-25-10-8-7-9-24(25)31-32-33/h7-18,27H,6,19H2,1-5H3,(H,30,36)/t27-/m0/s1. The number of hydrogen-bond acceptors (Lipinski definition) is 5. The molecule has 0 aliphatic heterocycles. The molecule has 37 heavy (non-hydrogen) atoms. The number of anilines is 1. The number of rotatable bonds is 9. The maximum absolute atomic E-state index is 14.0. The second-order valence-corrected chi connectivity index (χ2v) is 9.74. The third-order valence-electron chi connectivity index (χ3n) is 6.57. The zero-order chi connectivity index (χ0) is 26.6. The van der Waals surface area contributed by atoms with Crippen LogP contribution in [0.4, 0.5) is 5.69 Å². The van der Waals surface area contributed by atoms with E-state index in [1.165, 1.54) is 0 Å². The Labute approximate surface area is 217 Å². The van der Waals surface area contributed by atoms with Crippen LogP contribution >= 0.6 is 0 Å². The van der Waals surface area contributed by atoms with Gasteiger partial charge in [-0.1, -0.05) is 54.1 Å². The average Bonchev–Trinajstić information content (AvgIpc) is 3.30. The van der Waals surface area contributed by atoms with Gasteiger partial charge in [0.25, 0.3) is 0 Å². The number of hydrogen-bond donors (Lipinski definition) is 1.